The quantitative estimate of drug-likeness (QED) is 0.704. The van der Waals surface area contributed by atoms with Gasteiger partial charge in [0.25, 0.3) is 5.91 Å². The summed E-state index contributed by atoms with van der Waals surface area (Å²) in [7, 11) is -3.31. The summed E-state index contributed by atoms with van der Waals surface area (Å²) in [5, 5.41) is 1.74. The number of hydrogen-bond donors (Lipinski definition) is 0. The normalized spacial score (nSPS) is 17.6. The summed E-state index contributed by atoms with van der Waals surface area (Å²) in [5.41, 5.74) is 1.78. The van der Waals surface area contributed by atoms with Crippen LogP contribution in [0.3, 0.4) is 0 Å². The van der Waals surface area contributed by atoms with Gasteiger partial charge in [0.2, 0.25) is 0 Å². The lowest BCUT2D eigenvalue weighted by Crippen LogP contribution is -2.43. The van der Waals surface area contributed by atoms with E-state index in [2.05, 4.69) is 13.8 Å². The van der Waals surface area contributed by atoms with E-state index < -0.39 is 15.9 Å². The number of sulfone groups is 1. The van der Waals surface area contributed by atoms with Gasteiger partial charge in [-0.2, -0.15) is 0 Å². The Hall–Kier alpha value is -2.31. The summed E-state index contributed by atoms with van der Waals surface area (Å²) in [6.07, 6.45) is 1.55. The Bertz CT molecular complexity index is 966. The topological polar surface area (TPSA) is 63.7 Å². The summed E-state index contributed by atoms with van der Waals surface area (Å²) in [4.78, 5) is 14.4. The molecule has 0 N–H and O–H groups in total. The molecule has 1 atom stereocenters. The summed E-state index contributed by atoms with van der Waals surface area (Å²) in [5.74, 6) is 0.422. The molecule has 1 aliphatic heterocycles. The molecule has 28 heavy (non-hydrogen) atoms. The lowest BCUT2D eigenvalue weighted by Gasteiger charge is -2.28. The van der Waals surface area contributed by atoms with Crippen molar-refractivity contribution in [2.75, 3.05) is 17.3 Å². The second kappa shape index (κ2) is 8.37. The predicted molar refractivity (Wildman–Crippen MR) is 112 cm³/mol. The predicted octanol–water partition coefficient (Wildman–Crippen LogP) is 4.19. The lowest BCUT2D eigenvalue weighted by atomic mass is 10.0. The summed E-state index contributed by atoms with van der Waals surface area (Å²) in [6.45, 7) is 3.96. The summed E-state index contributed by atoms with van der Waals surface area (Å²) >= 11 is 5.86. The molecule has 1 amide bonds. The molecule has 0 aliphatic carbocycles. The molecule has 1 aliphatic rings. The van der Waals surface area contributed by atoms with Gasteiger partial charge in [-0.25, -0.2) is 8.42 Å². The van der Waals surface area contributed by atoms with Gasteiger partial charge in [0.15, 0.2) is 16.4 Å². The van der Waals surface area contributed by atoms with Gasteiger partial charge >= 0.3 is 0 Å². The van der Waals surface area contributed by atoms with E-state index in [4.69, 9.17) is 16.3 Å². The smallest absolute Gasteiger partial charge is 0.265 e. The fraction of sp³-hybridized carbons (Fsp3) is 0.286. The van der Waals surface area contributed by atoms with Crippen LogP contribution in [0.15, 0.2) is 60.0 Å². The molecule has 0 radical (unpaired) electrons. The molecule has 0 spiro atoms. The van der Waals surface area contributed by atoms with Crippen molar-refractivity contribution in [1.29, 1.82) is 0 Å². The van der Waals surface area contributed by atoms with E-state index >= 15 is 0 Å². The first-order valence-electron chi connectivity index (χ1n) is 8.96. The standard InChI is InChI=1S/C21H22ClNO4S/c1-15(2)16-3-7-18(8-4-16)23(19-11-12-28(25,26)14-19)21(24)13-27-20-9-5-17(22)6-10-20/h3-12,15,19H,13-14H2,1-2H3. The zero-order valence-corrected chi connectivity index (χ0v) is 17.3. The molecule has 148 valence electrons. The second-order valence-corrected chi connectivity index (χ2v) is 9.35. The van der Waals surface area contributed by atoms with E-state index in [1.807, 2.05) is 24.3 Å². The number of amides is 1. The number of anilines is 1. The molecule has 1 unspecified atom stereocenters. The fourth-order valence-electron chi connectivity index (χ4n) is 3.01. The first-order valence-corrected chi connectivity index (χ1v) is 11.1. The van der Waals surface area contributed by atoms with Gasteiger partial charge in [-0.05, 0) is 54.0 Å². The molecule has 0 aromatic heterocycles. The monoisotopic (exact) mass is 419 g/mol. The Morgan fingerprint density at radius 2 is 1.79 bits per heavy atom. The van der Waals surface area contributed by atoms with Crippen molar-refractivity contribution < 1.29 is 17.9 Å². The second-order valence-electron chi connectivity index (χ2n) is 6.98. The summed E-state index contributed by atoms with van der Waals surface area (Å²) in [6, 6.07) is 13.7. The Morgan fingerprint density at radius 1 is 1.14 bits per heavy atom. The number of carbonyl (C=O) groups excluding carboxylic acids is 1. The van der Waals surface area contributed by atoms with Crippen LogP contribution in [0.25, 0.3) is 0 Å². The van der Waals surface area contributed by atoms with Crippen LogP contribution in [0.5, 0.6) is 5.75 Å². The van der Waals surface area contributed by atoms with E-state index in [0.717, 1.165) is 5.56 Å². The number of benzene rings is 2. The van der Waals surface area contributed by atoms with Gasteiger partial charge < -0.3 is 9.64 Å². The molecule has 0 saturated heterocycles. The third-order valence-corrected chi connectivity index (χ3v) is 6.16. The van der Waals surface area contributed by atoms with Gasteiger partial charge in [-0.15, -0.1) is 0 Å². The number of hydrogen-bond acceptors (Lipinski definition) is 4. The SMILES string of the molecule is CC(C)c1ccc(N(C(=O)COc2ccc(Cl)cc2)C2C=CS(=O)(=O)C2)cc1. The van der Waals surface area contributed by atoms with Gasteiger partial charge in [-0.1, -0.05) is 37.6 Å². The van der Waals surface area contributed by atoms with Crippen molar-refractivity contribution in [3.05, 3.63) is 70.6 Å². The number of ether oxygens (including phenoxy) is 1. The number of halogens is 1. The van der Waals surface area contributed by atoms with E-state index in [0.29, 0.717) is 22.4 Å². The highest BCUT2D eigenvalue weighted by Crippen LogP contribution is 2.26. The Balaban J connectivity index is 1.82. The minimum Gasteiger partial charge on any atom is -0.484 e. The molecule has 1 heterocycles. The molecule has 5 nitrogen and oxygen atoms in total. The fourth-order valence-corrected chi connectivity index (χ4v) is 4.40. The van der Waals surface area contributed by atoms with E-state index in [-0.39, 0.29) is 18.3 Å². The molecule has 0 saturated carbocycles. The van der Waals surface area contributed by atoms with Gasteiger partial charge in [0.05, 0.1) is 11.8 Å². The number of carbonyl (C=O) groups is 1. The lowest BCUT2D eigenvalue weighted by molar-refractivity contribution is -0.120. The minimum atomic E-state index is -3.31. The van der Waals surface area contributed by atoms with Crippen molar-refractivity contribution >= 4 is 33.0 Å². The van der Waals surface area contributed by atoms with Crippen LogP contribution in [0.1, 0.15) is 25.3 Å². The molecular weight excluding hydrogens is 398 g/mol. The molecular formula is C21H22ClNO4S. The van der Waals surface area contributed by atoms with Crippen LogP contribution in [-0.4, -0.2) is 32.7 Å². The first-order chi connectivity index (χ1) is 13.2. The van der Waals surface area contributed by atoms with Gasteiger partial charge in [-0.3, -0.25) is 4.79 Å². The van der Waals surface area contributed by atoms with E-state index in [1.54, 1.807) is 30.3 Å². The maximum Gasteiger partial charge on any atom is 0.265 e. The zero-order chi connectivity index (χ0) is 20.3. The Labute approximate surface area is 170 Å². The Kier molecular flexibility index (Phi) is 6.10. The van der Waals surface area contributed by atoms with Crippen LogP contribution in [0.2, 0.25) is 5.02 Å². The molecule has 7 heteroatoms. The minimum absolute atomic E-state index is 0.133. The zero-order valence-electron chi connectivity index (χ0n) is 15.7. The van der Waals surface area contributed by atoms with Crippen LogP contribution in [-0.2, 0) is 14.6 Å². The van der Waals surface area contributed by atoms with Gasteiger partial charge in [0, 0.05) is 16.1 Å². The first kappa shape index (κ1) is 20.4. The number of nitrogens with zero attached hydrogens (tertiary/aromatic N) is 1. The van der Waals surface area contributed by atoms with Gasteiger partial charge in [0.1, 0.15) is 5.75 Å². The average Bonchev–Trinajstić information content (AvgIpc) is 3.01. The maximum atomic E-state index is 12.9. The van der Waals surface area contributed by atoms with Crippen molar-refractivity contribution in [2.24, 2.45) is 0 Å². The molecule has 0 bridgehead atoms. The van der Waals surface area contributed by atoms with Crippen molar-refractivity contribution in [1.82, 2.24) is 0 Å². The average molecular weight is 420 g/mol. The number of rotatable bonds is 6. The van der Waals surface area contributed by atoms with E-state index in [1.165, 1.54) is 10.3 Å². The highest BCUT2D eigenvalue weighted by Gasteiger charge is 2.31. The third-order valence-electron chi connectivity index (χ3n) is 4.53. The summed E-state index contributed by atoms with van der Waals surface area (Å²) < 4.78 is 29.3. The van der Waals surface area contributed by atoms with Crippen LogP contribution in [0.4, 0.5) is 5.69 Å². The van der Waals surface area contributed by atoms with Crippen LogP contribution >= 0.6 is 11.6 Å². The molecule has 0 fully saturated rings. The molecule has 3 rings (SSSR count). The maximum absolute atomic E-state index is 12.9. The van der Waals surface area contributed by atoms with Crippen molar-refractivity contribution in [3.63, 3.8) is 0 Å². The Morgan fingerprint density at radius 3 is 2.32 bits per heavy atom. The van der Waals surface area contributed by atoms with Crippen molar-refractivity contribution in [2.45, 2.75) is 25.8 Å². The van der Waals surface area contributed by atoms with E-state index in [9.17, 15) is 13.2 Å². The highest BCUT2D eigenvalue weighted by molar-refractivity contribution is 7.94. The third kappa shape index (κ3) is 4.94. The molecule has 2 aromatic rings. The largest absolute Gasteiger partial charge is 0.484 e. The highest BCUT2D eigenvalue weighted by atomic mass is 35.5. The molecule has 2 aromatic carbocycles. The van der Waals surface area contributed by atoms with Crippen molar-refractivity contribution in [3.8, 4) is 5.75 Å². The van der Waals surface area contributed by atoms with Crippen LogP contribution in [0, 0.1) is 0 Å². The van der Waals surface area contributed by atoms with Crippen LogP contribution < -0.4 is 9.64 Å².